The molecule has 1 heterocycles. The van der Waals surface area contributed by atoms with Gasteiger partial charge in [0.1, 0.15) is 25.1 Å². The first-order chi connectivity index (χ1) is 16.2. The molecule has 0 unspecified atom stereocenters. The largest absolute Gasteiger partial charge is 0.486 e. The Morgan fingerprint density at radius 2 is 1.47 bits per heavy atom. The lowest BCUT2D eigenvalue weighted by molar-refractivity contribution is -0.118. The minimum absolute atomic E-state index is 0.0242. The normalized spacial score (nSPS) is 14.0. The van der Waals surface area contributed by atoms with Crippen LogP contribution in [0.3, 0.4) is 0 Å². The Bertz CT molecular complexity index is 1280. The number of sulfonamides is 1. The second-order valence-electron chi connectivity index (χ2n) is 8.22. The fourth-order valence-electron chi connectivity index (χ4n) is 3.54. The van der Waals surface area contributed by atoms with Crippen molar-refractivity contribution in [1.29, 1.82) is 0 Å². The third-order valence-corrected chi connectivity index (χ3v) is 6.84. The van der Waals surface area contributed by atoms with E-state index in [4.69, 9.17) is 9.47 Å². The van der Waals surface area contributed by atoms with Gasteiger partial charge in [0, 0.05) is 11.8 Å². The maximum Gasteiger partial charge on any atom is 0.242 e. The Morgan fingerprint density at radius 3 is 2.09 bits per heavy atom. The number of fused-ring (bicyclic) bond motifs is 1. The van der Waals surface area contributed by atoms with Gasteiger partial charge in [0.2, 0.25) is 15.9 Å². The molecule has 9 heteroatoms. The molecule has 7 nitrogen and oxygen atoms in total. The number of carbonyl (C=O) groups excluding carboxylic acids is 1. The van der Waals surface area contributed by atoms with Crippen LogP contribution in [-0.2, 0) is 14.8 Å². The zero-order valence-electron chi connectivity index (χ0n) is 18.7. The lowest BCUT2D eigenvalue weighted by Crippen LogP contribution is -2.47. The van der Waals surface area contributed by atoms with E-state index in [1.807, 2.05) is 0 Å². The molecular formula is C25H25FN2O5S. The average molecular weight is 485 g/mol. The van der Waals surface area contributed by atoms with E-state index in [0.717, 1.165) is 11.1 Å². The topological polar surface area (TPSA) is 93.7 Å². The van der Waals surface area contributed by atoms with Gasteiger partial charge in [-0.25, -0.2) is 12.8 Å². The summed E-state index contributed by atoms with van der Waals surface area (Å²) >= 11 is 0. The van der Waals surface area contributed by atoms with Gasteiger partial charge in [-0.05, 0) is 53.4 Å². The van der Waals surface area contributed by atoms with Gasteiger partial charge in [0.25, 0.3) is 0 Å². The summed E-state index contributed by atoms with van der Waals surface area (Å²) in [5.74, 6) is -0.0357. The number of ether oxygens (including phenoxy) is 2. The number of rotatable bonds is 7. The Morgan fingerprint density at radius 1 is 0.882 bits per heavy atom. The van der Waals surface area contributed by atoms with Crippen molar-refractivity contribution in [2.75, 3.05) is 18.5 Å². The molecule has 3 aromatic rings. The van der Waals surface area contributed by atoms with Gasteiger partial charge >= 0.3 is 0 Å². The molecular weight excluding hydrogens is 459 g/mol. The highest BCUT2D eigenvalue weighted by Crippen LogP contribution is 2.32. The molecule has 34 heavy (non-hydrogen) atoms. The van der Waals surface area contributed by atoms with Crippen molar-refractivity contribution in [3.8, 4) is 22.6 Å². The van der Waals surface area contributed by atoms with Crippen LogP contribution in [0.15, 0.2) is 71.6 Å². The third-order valence-electron chi connectivity index (χ3n) is 5.38. The van der Waals surface area contributed by atoms with Crippen molar-refractivity contribution in [3.63, 3.8) is 0 Å². The van der Waals surface area contributed by atoms with Gasteiger partial charge in [0.05, 0.1) is 4.90 Å². The Labute approximate surface area is 198 Å². The van der Waals surface area contributed by atoms with Crippen LogP contribution in [0.25, 0.3) is 11.1 Å². The Hall–Kier alpha value is -3.43. The van der Waals surface area contributed by atoms with Crippen molar-refractivity contribution in [1.82, 2.24) is 4.72 Å². The number of hydrogen-bond donors (Lipinski definition) is 2. The Balaban J connectivity index is 1.49. The molecule has 1 aliphatic rings. The molecule has 3 aromatic carbocycles. The minimum Gasteiger partial charge on any atom is -0.486 e. The van der Waals surface area contributed by atoms with Crippen molar-refractivity contribution in [2.24, 2.45) is 5.92 Å². The van der Waals surface area contributed by atoms with Crippen molar-refractivity contribution < 1.29 is 27.1 Å². The number of carbonyl (C=O) groups is 1. The summed E-state index contributed by atoms with van der Waals surface area (Å²) < 4.78 is 52.7. The van der Waals surface area contributed by atoms with Crippen LogP contribution in [0.5, 0.6) is 11.5 Å². The molecule has 2 N–H and O–H groups in total. The SMILES string of the molecule is CC(C)[C@H](NS(=O)(=O)c1ccc(-c2ccc(F)cc2)cc1)C(=O)Nc1ccc2c(c1)OCCO2. The summed E-state index contributed by atoms with van der Waals surface area (Å²) in [4.78, 5) is 13.0. The first kappa shape index (κ1) is 23.7. The van der Waals surface area contributed by atoms with E-state index >= 15 is 0 Å². The molecule has 0 radical (unpaired) electrons. The first-order valence-corrected chi connectivity index (χ1v) is 12.3. The summed E-state index contributed by atoms with van der Waals surface area (Å²) in [6.45, 7) is 4.39. The van der Waals surface area contributed by atoms with Gasteiger partial charge in [-0.1, -0.05) is 38.1 Å². The molecule has 0 saturated carbocycles. The summed E-state index contributed by atoms with van der Waals surface area (Å²) in [6.07, 6.45) is 0. The predicted octanol–water partition coefficient (Wildman–Crippen LogP) is 4.21. The highest BCUT2D eigenvalue weighted by molar-refractivity contribution is 7.89. The monoisotopic (exact) mass is 484 g/mol. The summed E-state index contributed by atoms with van der Waals surface area (Å²) in [6, 6.07) is 16.1. The van der Waals surface area contributed by atoms with Crippen molar-refractivity contribution >= 4 is 21.6 Å². The molecule has 0 spiro atoms. The van der Waals surface area contributed by atoms with Crippen LogP contribution in [0, 0.1) is 11.7 Å². The lowest BCUT2D eigenvalue weighted by atomic mass is 10.0. The molecule has 1 aliphatic heterocycles. The van der Waals surface area contributed by atoms with Gasteiger partial charge in [0.15, 0.2) is 11.5 Å². The van der Waals surface area contributed by atoms with E-state index in [2.05, 4.69) is 10.0 Å². The first-order valence-electron chi connectivity index (χ1n) is 10.8. The van der Waals surface area contributed by atoms with Crippen molar-refractivity contribution in [2.45, 2.75) is 24.8 Å². The molecule has 4 rings (SSSR count). The molecule has 0 aromatic heterocycles. The number of benzene rings is 3. The van der Waals surface area contributed by atoms with E-state index in [0.29, 0.717) is 30.4 Å². The van der Waals surface area contributed by atoms with E-state index in [9.17, 15) is 17.6 Å². The molecule has 0 fully saturated rings. The van der Waals surface area contributed by atoms with Crippen molar-refractivity contribution in [3.05, 3.63) is 72.5 Å². The molecule has 1 amide bonds. The number of amides is 1. The zero-order chi connectivity index (χ0) is 24.3. The van der Waals surface area contributed by atoms with Gasteiger partial charge in [-0.15, -0.1) is 0 Å². The predicted molar refractivity (Wildman–Crippen MR) is 127 cm³/mol. The van der Waals surface area contributed by atoms with Crippen LogP contribution in [0.1, 0.15) is 13.8 Å². The maximum absolute atomic E-state index is 13.2. The van der Waals surface area contributed by atoms with Gasteiger partial charge < -0.3 is 14.8 Å². The summed E-state index contributed by atoms with van der Waals surface area (Å²) in [5.41, 5.74) is 1.98. The number of nitrogens with one attached hydrogen (secondary N) is 2. The smallest absolute Gasteiger partial charge is 0.242 e. The molecule has 178 valence electrons. The number of anilines is 1. The second kappa shape index (κ2) is 9.82. The van der Waals surface area contributed by atoms with E-state index < -0.39 is 22.0 Å². The lowest BCUT2D eigenvalue weighted by Gasteiger charge is -2.23. The van der Waals surface area contributed by atoms with Crippen LogP contribution in [0.2, 0.25) is 0 Å². The fraction of sp³-hybridized carbons (Fsp3) is 0.240. The summed E-state index contributed by atoms with van der Waals surface area (Å²) in [5, 5.41) is 2.75. The van der Waals surface area contributed by atoms with E-state index in [1.54, 1.807) is 56.3 Å². The maximum atomic E-state index is 13.2. The minimum atomic E-state index is -3.98. The standard InChI is InChI=1S/C25H25FN2O5S/c1-16(2)24(25(29)27-20-9-12-22-23(15-20)33-14-13-32-22)28-34(30,31)21-10-5-18(6-11-21)17-3-7-19(26)8-4-17/h3-12,15-16,24,28H,13-14H2,1-2H3,(H,27,29)/t24-/m0/s1. The Kier molecular flexibility index (Phi) is 6.85. The molecule has 1 atom stereocenters. The molecule has 0 bridgehead atoms. The molecule has 0 saturated heterocycles. The molecule has 0 aliphatic carbocycles. The quantitative estimate of drug-likeness (QED) is 0.524. The van der Waals surface area contributed by atoms with Gasteiger partial charge in [-0.3, -0.25) is 4.79 Å². The fourth-order valence-corrected chi connectivity index (χ4v) is 4.88. The highest BCUT2D eigenvalue weighted by Gasteiger charge is 2.29. The number of halogens is 1. The zero-order valence-corrected chi connectivity index (χ0v) is 19.6. The van der Waals surface area contributed by atoms with E-state index in [1.165, 1.54) is 24.3 Å². The van der Waals surface area contributed by atoms with Crippen LogP contribution < -0.4 is 19.5 Å². The van der Waals surface area contributed by atoms with E-state index in [-0.39, 0.29) is 16.6 Å². The summed E-state index contributed by atoms with van der Waals surface area (Å²) in [7, 11) is -3.98. The number of hydrogen-bond acceptors (Lipinski definition) is 5. The highest BCUT2D eigenvalue weighted by atomic mass is 32.2. The second-order valence-corrected chi connectivity index (χ2v) is 9.94. The third kappa shape index (κ3) is 5.37. The van der Waals surface area contributed by atoms with Crippen LogP contribution in [0.4, 0.5) is 10.1 Å². The van der Waals surface area contributed by atoms with Crippen LogP contribution in [-0.4, -0.2) is 33.6 Å². The van der Waals surface area contributed by atoms with Crippen LogP contribution >= 0.6 is 0 Å². The average Bonchev–Trinajstić information content (AvgIpc) is 2.83. The van der Waals surface area contributed by atoms with Gasteiger partial charge in [-0.2, -0.15) is 4.72 Å².